The van der Waals surface area contributed by atoms with Crippen molar-refractivity contribution in [2.24, 2.45) is 0 Å². The summed E-state index contributed by atoms with van der Waals surface area (Å²) >= 11 is 1.63. The van der Waals surface area contributed by atoms with Gasteiger partial charge in [-0.1, -0.05) is 18.2 Å². The van der Waals surface area contributed by atoms with Crippen LogP contribution in [0.5, 0.6) is 0 Å². The van der Waals surface area contributed by atoms with Crippen molar-refractivity contribution < 1.29 is 13.2 Å². The topological polar surface area (TPSA) is 12.0 Å². The molecular weight excluding hydrogens is 283 g/mol. The van der Waals surface area contributed by atoms with Crippen molar-refractivity contribution in [3.63, 3.8) is 0 Å². The first-order chi connectivity index (χ1) is 9.38. The average molecular weight is 299 g/mol. The Balaban J connectivity index is 2.11. The van der Waals surface area contributed by atoms with E-state index in [2.05, 4.69) is 5.32 Å². The van der Waals surface area contributed by atoms with E-state index in [1.807, 2.05) is 31.4 Å². The summed E-state index contributed by atoms with van der Waals surface area (Å²) in [5.41, 5.74) is 0.0376. The lowest BCUT2D eigenvalue weighted by molar-refractivity contribution is -0.137. The molecule has 1 unspecified atom stereocenters. The Kier molecular flexibility index (Phi) is 4.50. The van der Waals surface area contributed by atoms with Gasteiger partial charge in [-0.25, -0.2) is 0 Å². The number of alkyl halides is 3. The Labute approximate surface area is 120 Å². The quantitative estimate of drug-likeness (QED) is 0.820. The van der Waals surface area contributed by atoms with Crippen LogP contribution in [0.3, 0.4) is 0 Å². The first kappa shape index (κ1) is 15.1. The van der Waals surface area contributed by atoms with Gasteiger partial charge in [-0.3, -0.25) is 0 Å². The van der Waals surface area contributed by atoms with Crippen LogP contribution in [0.4, 0.5) is 13.2 Å². The molecule has 2 rings (SSSR count). The Hall–Kier alpha value is -1.33. The molecule has 1 aromatic heterocycles. The van der Waals surface area contributed by atoms with Gasteiger partial charge in [0.15, 0.2) is 0 Å². The van der Waals surface area contributed by atoms with Gasteiger partial charge in [0.25, 0.3) is 0 Å². The minimum Gasteiger partial charge on any atom is -0.303 e. The SMILES string of the molecule is CC(N[C@@H](C)c1cccs1)c1cccc(C(F)(F)F)c1. The normalized spacial score (nSPS) is 15.1. The van der Waals surface area contributed by atoms with Gasteiger partial charge in [-0.05, 0) is 43.0 Å². The molecule has 108 valence electrons. The molecule has 0 radical (unpaired) electrons. The van der Waals surface area contributed by atoms with E-state index in [1.165, 1.54) is 17.0 Å². The molecule has 0 aliphatic rings. The summed E-state index contributed by atoms with van der Waals surface area (Å²) in [6.07, 6.45) is -4.30. The summed E-state index contributed by atoms with van der Waals surface area (Å²) < 4.78 is 38.1. The molecule has 0 spiro atoms. The molecule has 0 saturated heterocycles. The van der Waals surface area contributed by atoms with Gasteiger partial charge < -0.3 is 5.32 Å². The zero-order chi connectivity index (χ0) is 14.8. The van der Waals surface area contributed by atoms with Gasteiger partial charge in [0.2, 0.25) is 0 Å². The summed E-state index contributed by atoms with van der Waals surface area (Å²) in [5.74, 6) is 0. The summed E-state index contributed by atoms with van der Waals surface area (Å²) in [7, 11) is 0. The lowest BCUT2D eigenvalue weighted by atomic mass is 10.0. The highest BCUT2D eigenvalue weighted by atomic mass is 32.1. The van der Waals surface area contributed by atoms with Crippen LogP contribution in [-0.2, 0) is 6.18 Å². The third kappa shape index (κ3) is 3.61. The summed E-state index contributed by atoms with van der Waals surface area (Å²) in [6.45, 7) is 3.88. The van der Waals surface area contributed by atoms with Crippen LogP contribution in [0.2, 0.25) is 0 Å². The fourth-order valence-electron chi connectivity index (χ4n) is 2.08. The predicted molar refractivity (Wildman–Crippen MR) is 75.7 cm³/mol. The van der Waals surface area contributed by atoms with Crippen LogP contribution in [0.25, 0.3) is 0 Å². The molecule has 0 saturated carbocycles. The number of halogens is 3. The smallest absolute Gasteiger partial charge is 0.303 e. The van der Waals surface area contributed by atoms with Crippen molar-refractivity contribution in [3.8, 4) is 0 Å². The lowest BCUT2D eigenvalue weighted by Crippen LogP contribution is -2.22. The van der Waals surface area contributed by atoms with Crippen molar-refractivity contribution >= 4 is 11.3 Å². The number of nitrogens with one attached hydrogen (secondary N) is 1. The van der Waals surface area contributed by atoms with Crippen molar-refractivity contribution in [1.29, 1.82) is 0 Å². The molecule has 20 heavy (non-hydrogen) atoms. The monoisotopic (exact) mass is 299 g/mol. The van der Waals surface area contributed by atoms with Crippen LogP contribution in [0.15, 0.2) is 41.8 Å². The second-order valence-corrected chi connectivity index (χ2v) is 5.73. The van der Waals surface area contributed by atoms with Crippen LogP contribution in [0.1, 0.15) is 41.9 Å². The maximum atomic E-state index is 12.7. The molecule has 0 fully saturated rings. The van der Waals surface area contributed by atoms with Gasteiger partial charge in [0.05, 0.1) is 5.56 Å². The van der Waals surface area contributed by atoms with E-state index in [0.717, 1.165) is 6.07 Å². The van der Waals surface area contributed by atoms with E-state index in [0.29, 0.717) is 5.56 Å². The Bertz CT molecular complexity index is 548. The fraction of sp³-hybridized carbons (Fsp3) is 0.333. The highest BCUT2D eigenvalue weighted by molar-refractivity contribution is 7.10. The largest absolute Gasteiger partial charge is 0.416 e. The molecule has 1 nitrogen and oxygen atoms in total. The van der Waals surface area contributed by atoms with Crippen molar-refractivity contribution in [2.45, 2.75) is 32.1 Å². The first-order valence-corrected chi connectivity index (χ1v) is 7.22. The Morgan fingerprint density at radius 3 is 2.40 bits per heavy atom. The van der Waals surface area contributed by atoms with E-state index in [1.54, 1.807) is 17.4 Å². The Morgan fingerprint density at radius 2 is 1.80 bits per heavy atom. The van der Waals surface area contributed by atoms with E-state index >= 15 is 0 Å². The number of hydrogen-bond acceptors (Lipinski definition) is 2. The van der Waals surface area contributed by atoms with Crippen molar-refractivity contribution in [3.05, 3.63) is 57.8 Å². The minimum absolute atomic E-state index is 0.111. The van der Waals surface area contributed by atoms with Crippen LogP contribution < -0.4 is 5.32 Å². The molecule has 1 N–H and O–H groups in total. The van der Waals surface area contributed by atoms with E-state index in [4.69, 9.17) is 0 Å². The molecule has 0 bridgehead atoms. The number of thiophene rings is 1. The van der Waals surface area contributed by atoms with Gasteiger partial charge in [-0.2, -0.15) is 13.2 Å². The maximum Gasteiger partial charge on any atom is 0.416 e. The van der Waals surface area contributed by atoms with Gasteiger partial charge >= 0.3 is 6.18 Å². The van der Waals surface area contributed by atoms with Crippen molar-refractivity contribution in [2.75, 3.05) is 0 Å². The first-order valence-electron chi connectivity index (χ1n) is 6.34. The second kappa shape index (κ2) is 5.97. The van der Waals surface area contributed by atoms with Crippen LogP contribution >= 0.6 is 11.3 Å². The highest BCUT2D eigenvalue weighted by Crippen LogP contribution is 2.31. The maximum absolute atomic E-state index is 12.7. The molecule has 0 aliphatic carbocycles. The van der Waals surface area contributed by atoms with E-state index < -0.39 is 11.7 Å². The van der Waals surface area contributed by atoms with E-state index in [9.17, 15) is 13.2 Å². The molecule has 5 heteroatoms. The van der Waals surface area contributed by atoms with Gasteiger partial charge in [-0.15, -0.1) is 11.3 Å². The molecule has 0 amide bonds. The van der Waals surface area contributed by atoms with Crippen LogP contribution in [-0.4, -0.2) is 0 Å². The summed E-state index contributed by atoms with van der Waals surface area (Å²) in [5, 5.41) is 5.31. The van der Waals surface area contributed by atoms with E-state index in [-0.39, 0.29) is 12.1 Å². The molecule has 1 aromatic carbocycles. The minimum atomic E-state index is -4.30. The number of benzene rings is 1. The zero-order valence-corrected chi connectivity index (χ0v) is 12.1. The summed E-state index contributed by atoms with van der Waals surface area (Å²) in [6, 6.07) is 9.42. The molecule has 0 aliphatic heterocycles. The third-order valence-corrected chi connectivity index (χ3v) is 4.24. The zero-order valence-electron chi connectivity index (χ0n) is 11.2. The third-order valence-electron chi connectivity index (χ3n) is 3.18. The molecule has 2 aromatic rings. The summed E-state index contributed by atoms with van der Waals surface area (Å²) in [4.78, 5) is 1.17. The van der Waals surface area contributed by atoms with Gasteiger partial charge in [0.1, 0.15) is 0 Å². The van der Waals surface area contributed by atoms with Crippen LogP contribution in [0, 0.1) is 0 Å². The molecule has 1 heterocycles. The second-order valence-electron chi connectivity index (χ2n) is 4.75. The number of hydrogen-bond donors (Lipinski definition) is 1. The van der Waals surface area contributed by atoms with Gasteiger partial charge in [0, 0.05) is 17.0 Å². The standard InChI is InChI=1S/C15H16F3NS/c1-10(19-11(2)14-7-4-8-20-14)12-5-3-6-13(9-12)15(16,17)18/h3-11,19H,1-2H3/t10?,11-/m0/s1. The lowest BCUT2D eigenvalue weighted by Gasteiger charge is -2.20. The highest BCUT2D eigenvalue weighted by Gasteiger charge is 2.30. The molecule has 2 atom stereocenters. The molecular formula is C15H16F3NS. The predicted octanol–water partition coefficient (Wildman–Crippen LogP) is 5.18. The fourth-order valence-corrected chi connectivity index (χ4v) is 2.82. The van der Waals surface area contributed by atoms with Crippen molar-refractivity contribution in [1.82, 2.24) is 5.32 Å². The Morgan fingerprint density at radius 1 is 1.05 bits per heavy atom. The average Bonchev–Trinajstić information content (AvgIpc) is 2.91. The number of rotatable bonds is 4.